The van der Waals surface area contributed by atoms with Gasteiger partial charge in [-0.3, -0.25) is 9.20 Å². The first kappa shape index (κ1) is 25.6. The quantitative estimate of drug-likeness (QED) is 0.373. The Kier molecular flexibility index (Phi) is 5.87. The fourth-order valence-electron chi connectivity index (χ4n) is 6.64. The number of anilines is 1. The van der Waals surface area contributed by atoms with Crippen molar-refractivity contribution in [3.63, 3.8) is 0 Å². The van der Waals surface area contributed by atoms with Crippen LogP contribution in [-0.2, 0) is 10.2 Å². The van der Waals surface area contributed by atoms with Crippen molar-refractivity contribution in [3.05, 3.63) is 71.3 Å². The number of rotatable bonds is 5. The number of aliphatic carboxylic acids is 1. The molecule has 0 radical (unpaired) electrons. The number of carboxylic acid groups (broad SMARTS) is 1. The second-order valence-electron chi connectivity index (χ2n) is 11.1. The molecule has 4 aliphatic carbocycles. The molecule has 1 aromatic carbocycles. The number of hydrogen-bond acceptors (Lipinski definition) is 5. The van der Waals surface area contributed by atoms with E-state index in [0.717, 1.165) is 36.7 Å². The molecule has 3 fully saturated rings. The van der Waals surface area contributed by atoms with Crippen LogP contribution in [0.2, 0.25) is 0 Å². The summed E-state index contributed by atoms with van der Waals surface area (Å²) in [5, 5.41) is 20.6. The number of aromatic nitrogens is 3. The van der Waals surface area contributed by atoms with Gasteiger partial charge in [0.05, 0.1) is 5.41 Å². The van der Waals surface area contributed by atoms with E-state index >= 15 is 0 Å². The monoisotopic (exact) mass is 538 g/mol. The molecule has 3 aromatic rings. The molecule has 0 unspecified atom stereocenters. The maximum absolute atomic E-state index is 13.2. The van der Waals surface area contributed by atoms with Crippen LogP contribution in [0.4, 0.5) is 19.0 Å². The average molecular weight is 539 g/mol. The predicted molar refractivity (Wildman–Crippen MR) is 139 cm³/mol. The summed E-state index contributed by atoms with van der Waals surface area (Å²) in [5.41, 5.74) is 7.52. The molecule has 2 heterocycles. The number of nitrogens with two attached hydrogens (primary N) is 1. The summed E-state index contributed by atoms with van der Waals surface area (Å²) in [7, 11) is 0. The van der Waals surface area contributed by atoms with Crippen molar-refractivity contribution in [1.82, 2.24) is 14.4 Å². The standard InChI is InChI=1S/C29H29F3N4O3/c30-29(31,32)20-3-1-2-19(16-20)23(37)18-6-4-17(5-7-18)21-22-24(33)34-14-15-36(22)25(35-21)27-8-11-28(12-9-27,13-10-27)26(38)39/h2,4-7,14-16,23,37H,1,3,8-13H2,(H2,33,34)(H,38,39)/t23-,27?,28?/m1/s1. The number of nitrogens with zero attached hydrogens (tertiary/aromatic N) is 3. The minimum absolute atomic E-state index is 0.0946. The van der Waals surface area contributed by atoms with Gasteiger partial charge in [0, 0.05) is 28.9 Å². The van der Waals surface area contributed by atoms with E-state index < -0.39 is 29.2 Å². The van der Waals surface area contributed by atoms with E-state index in [-0.39, 0.29) is 23.8 Å². The van der Waals surface area contributed by atoms with E-state index in [2.05, 4.69) is 4.98 Å². The molecule has 0 aliphatic heterocycles. The minimum atomic E-state index is -4.41. The van der Waals surface area contributed by atoms with Crippen molar-refractivity contribution in [2.24, 2.45) is 5.41 Å². The third kappa shape index (κ3) is 4.12. The normalized spacial score (nSPS) is 25.8. The van der Waals surface area contributed by atoms with Crippen molar-refractivity contribution in [2.45, 2.75) is 69.1 Å². The van der Waals surface area contributed by atoms with Gasteiger partial charge in [-0.15, -0.1) is 0 Å². The molecule has 0 spiro atoms. The van der Waals surface area contributed by atoms with Gasteiger partial charge in [-0.1, -0.05) is 30.3 Å². The maximum Gasteiger partial charge on any atom is 0.412 e. The number of imidazole rings is 1. The highest BCUT2D eigenvalue weighted by Gasteiger charge is 2.54. The first-order chi connectivity index (χ1) is 18.5. The van der Waals surface area contributed by atoms with Crippen molar-refractivity contribution >= 4 is 17.3 Å². The first-order valence-corrected chi connectivity index (χ1v) is 13.2. The van der Waals surface area contributed by atoms with Crippen LogP contribution in [0.1, 0.15) is 68.9 Å². The van der Waals surface area contributed by atoms with E-state index in [1.54, 1.807) is 36.5 Å². The molecule has 2 aromatic heterocycles. The van der Waals surface area contributed by atoms with Crippen molar-refractivity contribution < 1.29 is 28.2 Å². The smallest absolute Gasteiger partial charge is 0.412 e. The number of hydrogen-bond donors (Lipinski definition) is 3. The molecule has 4 N–H and O–H groups in total. The fraction of sp³-hybridized carbons (Fsp3) is 0.414. The first-order valence-electron chi connectivity index (χ1n) is 13.2. The van der Waals surface area contributed by atoms with Gasteiger partial charge in [-0.05, 0) is 68.6 Å². The maximum atomic E-state index is 13.2. The van der Waals surface area contributed by atoms with Gasteiger partial charge in [0.1, 0.15) is 29.0 Å². The molecule has 0 amide bonds. The molecule has 7 rings (SSSR count). The number of carbonyl (C=O) groups is 1. The number of benzene rings is 1. The van der Waals surface area contributed by atoms with Crippen molar-refractivity contribution in [1.29, 1.82) is 0 Å². The van der Waals surface area contributed by atoms with Crippen molar-refractivity contribution in [3.8, 4) is 11.3 Å². The number of aliphatic hydroxyl groups excluding tert-OH is 1. The largest absolute Gasteiger partial charge is 0.481 e. The highest BCUT2D eigenvalue weighted by Crippen LogP contribution is 2.58. The Morgan fingerprint density at radius 1 is 1.08 bits per heavy atom. The van der Waals surface area contributed by atoms with Crippen LogP contribution in [-0.4, -0.2) is 36.7 Å². The summed E-state index contributed by atoms with van der Waals surface area (Å²) in [6.07, 6.45) is 4.69. The Labute approximate surface area is 222 Å². The zero-order chi connectivity index (χ0) is 27.6. The molecular weight excluding hydrogens is 509 g/mol. The number of aliphatic hydroxyl groups is 1. The lowest BCUT2D eigenvalue weighted by atomic mass is 9.53. The Balaban J connectivity index is 1.34. The van der Waals surface area contributed by atoms with E-state index in [0.29, 0.717) is 41.9 Å². The molecule has 7 nitrogen and oxygen atoms in total. The number of nitrogen functional groups attached to an aromatic ring is 1. The van der Waals surface area contributed by atoms with Gasteiger partial charge >= 0.3 is 12.1 Å². The minimum Gasteiger partial charge on any atom is -0.481 e. The Morgan fingerprint density at radius 2 is 1.74 bits per heavy atom. The number of allylic oxidation sites excluding steroid dienone is 2. The van der Waals surface area contributed by atoms with Gasteiger partial charge in [-0.25, -0.2) is 9.97 Å². The van der Waals surface area contributed by atoms with E-state index in [1.165, 1.54) is 0 Å². The van der Waals surface area contributed by atoms with Crippen LogP contribution in [0.5, 0.6) is 0 Å². The summed E-state index contributed by atoms with van der Waals surface area (Å²) in [5.74, 6) is 0.450. The number of halogens is 3. The van der Waals surface area contributed by atoms with Gasteiger partial charge in [0.15, 0.2) is 0 Å². The summed E-state index contributed by atoms with van der Waals surface area (Å²) >= 11 is 0. The summed E-state index contributed by atoms with van der Waals surface area (Å²) in [6, 6.07) is 6.94. The number of fused-ring (bicyclic) bond motifs is 4. The van der Waals surface area contributed by atoms with Gasteiger partial charge in [0.2, 0.25) is 0 Å². The van der Waals surface area contributed by atoms with Crippen LogP contribution in [0, 0.1) is 5.41 Å². The van der Waals surface area contributed by atoms with Gasteiger partial charge in [-0.2, -0.15) is 13.2 Å². The average Bonchev–Trinajstić information content (AvgIpc) is 3.35. The second-order valence-corrected chi connectivity index (χ2v) is 11.1. The molecule has 1 atom stereocenters. The number of alkyl halides is 3. The molecule has 39 heavy (non-hydrogen) atoms. The van der Waals surface area contributed by atoms with Crippen LogP contribution in [0.3, 0.4) is 0 Å². The lowest BCUT2D eigenvalue weighted by Crippen LogP contribution is -2.48. The Hall–Kier alpha value is -3.66. The molecule has 204 valence electrons. The predicted octanol–water partition coefficient (Wildman–Crippen LogP) is 5.90. The second kappa shape index (κ2) is 8.94. The van der Waals surface area contributed by atoms with Gasteiger partial charge in [0.25, 0.3) is 0 Å². The zero-order valence-corrected chi connectivity index (χ0v) is 21.2. The topological polar surface area (TPSA) is 114 Å². The third-order valence-corrected chi connectivity index (χ3v) is 9.07. The Morgan fingerprint density at radius 3 is 2.36 bits per heavy atom. The van der Waals surface area contributed by atoms with Crippen LogP contribution < -0.4 is 5.73 Å². The highest BCUT2D eigenvalue weighted by molar-refractivity contribution is 5.85. The molecule has 4 aliphatic rings. The number of carboxylic acids is 1. The van der Waals surface area contributed by atoms with E-state index in [1.807, 2.05) is 10.6 Å². The van der Waals surface area contributed by atoms with Gasteiger partial charge < -0.3 is 15.9 Å². The lowest BCUT2D eigenvalue weighted by molar-refractivity contribution is -0.156. The summed E-state index contributed by atoms with van der Waals surface area (Å²) in [6.45, 7) is 0. The molecular formula is C29H29F3N4O3. The van der Waals surface area contributed by atoms with Crippen molar-refractivity contribution in [2.75, 3.05) is 5.73 Å². The van der Waals surface area contributed by atoms with Crippen LogP contribution >= 0.6 is 0 Å². The fourth-order valence-corrected chi connectivity index (χ4v) is 6.64. The molecule has 2 bridgehead atoms. The third-order valence-electron chi connectivity index (χ3n) is 9.07. The summed E-state index contributed by atoms with van der Waals surface area (Å²) < 4.78 is 41.6. The SMILES string of the molecule is Nc1nccn2c(C34CCC(C(=O)O)(CC3)CC4)nc(-c3ccc([C@@H](O)C4=CCCC(C(F)(F)F)=C4)cc3)c12. The lowest BCUT2D eigenvalue weighted by Gasteiger charge is -2.50. The molecule has 3 saturated carbocycles. The van der Waals surface area contributed by atoms with E-state index in [9.17, 15) is 28.2 Å². The molecule has 0 saturated heterocycles. The van der Waals surface area contributed by atoms with E-state index in [4.69, 9.17) is 10.7 Å². The zero-order valence-electron chi connectivity index (χ0n) is 21.2. The van der Waals surface area contributed by atoms with Crippen LogP contribution in [0.25, 0.3) is 16.8 Å². The summed E-state index contributed by atoms with van der Waals surface area (Å²) in [4.78, 5) is 21.3. The Bertz CT molecular complexity index is 1500. The van der Waals surface area contributed by atoms with Crippen LogP contribution in [0.15, 0.2) is 60.0 Å². The highest BCUT2D eigenvalue weighted by atomic mass is 19.4. The molecule has 10 heteroatoms.